The number of piperazine rings is 1. The number of H-pyrrole nitrogens is 1. The van der Waals surface area contributed by atoms with Crippen molar-refractivity contribution < 1.29 is 9.18 Å². The van der Waals surface area contributed by atoms with Gasteiger partial charge in [-0.05, 0) is 36.6 Å². The van der Waals surface area contributed by atoms with E-state index < -0.39 is 5.82 Å². The Hall–Kier alpha value is -3.69. The lowest BCUT2D eigenvalue weighted by Gasteiger charge is -2.35. The highest BCUT2D eigenvalue weighted by atomic mass is 19.1. The minimum absolute atomic E-state index is 0.0510. The smallest absolute Gasteiger partial charge is 0.229 e. The van der Waals surface area contributed by atoms with Gasteiger partial charge in [0.05, 0.1) is 6.20 Å². The first-order valence-electron chi connectivity index (χ1n) is 11.1. The van der Waals surface area contributed by atoms with Gasteiger partial charge in [-0.2, -0.15) is 10.1 Å². The van der Waals surface area contributed by atoms with E-state index in [9.17, 15) is 9.18 Å². The van der Waals surface area contributed by atoms with Gasteiger partial charge >= 0.3 is 0 Å². The largest absolute Gasteiger partial charge is 0.368 e. The van der Waals surface area contributed by atoms with Gasteiger partial charge in [-0.15, -0.1) is 0 Å². The van der Waals surface area contributed by atoms with E-state index >= 15 is 0 Å². The zero-order valence-electron chi connectivity index (χ0n) is 19.1. The van der Waals surface area contributed by atoms with Crippen molar-refractivity contribution >= 4 is 34.9 Å². The van der Waals surface area contributed by atoms with Gasteiger partial charge < -0.3 is 20.4 Å². The fraction of sp³-hybridized carbons (Fsp3) is 0.391. The quantitative estimate of drug-likeness (QED) is 0.502. The molecule has 1 aromatic carbocycles. The molecular weight excluding hydrogens is 423 g/mol. The third-order valence-corrected chi connectivity index (χ3v) is 5.46. The van der Waals surface area contributed by atoms with Crippen molar-refractivity contribution in [2.45, 2.75) is 27.2 Å². The number of hydrogen-bond acceptors (Lipinski definition) is 7. The fourth-order valence-corrected chi connectivity index (χ4v) is 3.77. The lowest BCUT2D eigenvalue weighted by molar-refractivity contribution is -0.129. The van der Waals surface area contributed by atoms with E-state index in [-0.39, 0.29) is 17.7 Å². The Kier molecular flexibility index (Phi) is 6.71. The average Bonchev–Trinajstić information content (AvgIpc) is 3.22. The third kappa shape index (κ3) is 5.76. The average molecular weight is 453 g/mol. The van der Waals surface area contributed by atoms with Gasteiger partial charge in [-0.25, -0.2) is 9.37 Å². The standard InChI is InChI=1S/C23H29FN8O/c1-15(2)12-18-13-21(30-29-18)27-22-20(24)14-25-23(28-22)26-17-4-6-19(7-5-17)32-10-8-31(9-11-32)16(3)33/h4-7,13-15H,8-12H2,1-3H3,(H3,25,26,27,28,29,30). The van der Waals surface area contributed by atoms with Crippen molar-refractivity contribution in [3.05, 3.63) is 48.0 Å². The highest BCUT2D eigenvalue weighted by molar-refractivity contribution is 5.73. The maximum Gasteiger partial charge on any atom is 0.229 e. The zero-order chi connectivity index (χ0) is 23.4. The monoisotopic (exact) mass is 452 g/mol. The van der Waals surface area contributed by atoms with Crippen molar-refractivity contribution in [1.29, 1.82) is 0 Å². The predicted octanol–water partition coefficient (Wildman–Crippen LogP) is 3.69. The van der Waals surface area contributed by atoms with Crippen molar-refractivity contribution in [3.8, 4) is 0 Å². The number of nitrogens with zero attached hydrogens (tertiary/aromatic N) is 5. The van der Waals surface area contributed by atoms with E-state index in [1.807, 2.05) is 35.2 Å². The van der Waals surface area contributed by atoms with Crippen molar-refractivity contribution in [2.24, 2.45) is 5.92 Å². The summed E-state index contributed by atoms with van der Waals surface area (Å²) in [6.07, 6.45) is 1.98. The molecule has 4 rings (SSSR count). The molecule has 1 fully saturated rings. The number of aromatic nitrogens is 4. The van der Waals surface area contributed by atoms with Gasteiger partial charge in [0.25, 0.3) is 0 Å². The van der Waals surface area contributed by atoms with Crippen LogP contribution < -0.4 is 15.5 Å². The van der Waals surface area contributed by atoms with Gasteiger partial charge in [0.1, 0.15) is 0 Å². The Morgan fingerprint density at radius 1 is 1.15 bits per heavy atom. The summed E-state index contributed by atoms with van der Waals surface area (Å²) in [6, 6.07) is 9.73. The molecule has 174 valence electrons. The number of amides is 1. The predicted molar refractivity (Wildman–Crippen MR) is 127 cm³/mol. The second-order valence-corrected chi connectivity index (χ2v) is 8.56. The molecule has 0 saturated carbocycles. The SMILES string of the molecule is CC(=O)N1CCN(c2ccc(Nc3ncc(F)c(Nc4cc(CC(C)C)[nH]n4)n3)cc2)CC1. The van der Waals surface area contributed by atoms with Gasteiger partial charge in [0.15, 0.2) is 17.5 Å². The maximum absolute atomic E-state index is 14.3. The third-order valence-electron chi connectivity index (χ3n) is 5.46. The Bertz CT molecular complexity index is 1090. The van der Waals surface area contributed by atoms with Crippen LogP contribution in [0.3, 0.4) is 0 Å². The molecule has 0 bridgehead atoms. The van der Waals surface area contributed by atoms with E-state index in [0.29, 0.717) is 11.7 Å². The van der Waals surface area contributed by atoms with Gasteiger partial charge in [-0.3, -0.25) is 9.89 Å². The minimum Gasteiger partial charge on any atom is -0.368 e. The lowest BCUT2D eigenvalue weighted by atomic mass is 10.1. The van der Waals surface area contributed by atoms with Crippen LogP contribution in [0.1, 0.15) is 26.5 Å². The number of benzene rings is 1. The molecule has 2 aromatic heterocycles. The van der Waals surface area contributed by atoms with Crippen molar-refractivity contribution in [1.82, 2.24) is 25.1 Å². The Morgan fingerprint density at radius 2 is 1.88 bits per heavy atom. The second-order valence-electron chi connectivity index (χ2n) is 8.56. The van der Waals surface area contributed by atoms with Crippen LogP contribution >= 0.6 is 0 Å². The number of aromatic amines is 1. The Labute approximate surface area is 192 Å². The molecule has 0 unspecified atom stereocenters. The number of nitrogens with one attached hydrogen (secondary N) is 3. The van der Waals surface area contributed by atoms with Gasteiger partial charge in [0.2, 0.25) is 11.9 Å². The molecular formula is C23H29FN8O. The van der Waals surface area contributed by atoms with Crippen LogP contribution in [0.25, 0.3) is 0 Å². The fourth-order valence-electron chi connectivity index (χ4n) is 3.77. The first-order chi connectivity index (χ1) is 15.9. The molecule has 1 saturated heterocycles. The summed E-state index contributed by atoms with van der Waals surface area (Å²) < 4.78 is 14.3. The van der Waals surface area contributed by atoms with Gasteiger partial charge in [-0.1, -0.05) is 13.8 Å². The number of hydrogen-bond donors (Lipinski definition) is 3. The molecule has 3 N–H and O–H groups in total. The van der Waals surface area contributed by atoms with Crippen molar-refractivity contribution in [3.63, 3.8) is 0 Å². The number of carbonyl (C=O) groups is 1. The molecule has 1 aliphatic heterocycles. The van der Waals surface area contributed by atoms with E-state index in [0.717, 1.165) is 55.9 Å². The molecule has 0 spiro atoms. The number of rotatable bonds is 7. The molecule has 9 nitrogen and oxygen atoms in total. The van der Waals surface area contributed by atoms with E-state index in [2.05, 4.69) is 49.5 Å². The van der Waals surface area contributed by atoms with Gasteiger partial charge in [0, 0.05) is 56.2 Å². The summed E-state index contributed by atoms with van der Waals surface area (Å²) >= 11 is 0. The summed E-state index contributed by atoms with van der Waals surface area (Å²) in [5.41, 5.74) is 2.85. The highest BCUT2D eigenvalue weighted by Crippen LogP contribution is 2.23. The molecule has 1 amide bonds. The molecule has 1 aliphatic rings. The van der Waals surface area contributed by atoms with Crippen LogP contribution in [0.4, 0.5) is 33.3 Å². The summed E-state index contributed by atoms with van der Waals surface area (Å²) in [6.45, 7) is 8.90. The van der Waals surface area contributed by atoms with Crippen LogP contribution in [0.2, 0.25) is 0 Å². The highest BCUT2D eigenvalue weighted by Gasteiger charge is 2.18. The van der Waals surface area contributed by atoms with Crippen molar-refractivity contribution in [2.75, 3.05) is 41.7 Å². The van der Waals surface area contributed by atoms with E-state index in [4.69, 9.17) is 0 Å². The minimum atomic E-state index is -0.561. The first kappa shape index (κ1) is 22.5. The normalized spacial score (nSPS) is 14.0. The number of halogens is 1. The molecule has 3 heterocycles. The van der Waals surface area contributed by atoms with Crippen LogP contribution in [-0.4, -0.2) is 57.2 Å². The van der Waals surface area contributed by atoms with Crippen LogP contribution in [0, 0.1) is 11.7 Å². The first-order valence-corrected chi connectivity index (χ1v) is 11.1. The van der Waals surface area contributed by atoms with E-state index in [1.165, 1.54) is 0 Å². The molecule has 33 heavy (non-hydrogen) atoms. The van der Waals surface area contributed by atoms with Crippen LogP contribution in [-0.2, 0) is 11.2 Å². The zero-order valence-corrected chi connectivity index (χ0v) is 19.1. The molecule has 10 heteroatoms. The van der Waals surface area contributed by atoms with Crippen LogP contribution in [0.15, 0.2) is 36.5 Å². The Morgan fingerprint density at radius 3 is 2.55 bits per heavy atom. The molecule has 0 aliphatic carbocycles. The van der Waals surface area contributed by atoms with E-state index in [1.54, 1.807) is 6.92 Å². The number of anilines is 5. The summed E-state index contributed by atoms with van der Waals surface area (Å²) in [4.78, 5) is 23.9. The number of carbonyl (C=O) groups excluding carboxylic acids is 1. The second kappa shape index (κ2) is 9.85. The molecule has 3 aromatic rings. The molecule has 0 radical (unpaired) electrons. The molecule has 0 atom stereocenters. The summed E-state index contributed by atoms with van der Waals surface area (Å²) in [5, 5.41) is 13.2. The maximum atomic E-state index is 14.3. The lowest BCUT2D eigenvalue weighted by Crippen LogP contribution is -2.48. The summed E-state index contributed by atoms with van der Waals surface area (Å²) in [7, 11) is 0. The topological polar surface area (TPSA) is 102 Å². The summed E-state index contributed by atoms with van der Waals surface area (Å²) in [5.74, 6) is 0.874. The Balaban J connectivity index is 1.39. The van der Waals surface area contributed by atoms with Crippen LogP contribution in [0.5, 0.6) is 0 Å².